The highest BCUT2D eigenvalue weighted by Crippen LogP contribution is 2.41. The van der Waals surface area contributed by atoms with E-state index < -0.39 is 11.6 Å². The van der Waals surface area contributed by atoms with E-state index in [-0.39, 0.29) is 0 Å². The average Bonchev–Trinajstić information content (AvgIpc) is 2.57. The molecule has 0 aliphatic heterocycles. The molecular formula is C19H18N2O3. The lowest BCUT2D eigenvalue weighted by Gasteiger charge is -2.42. The van der Waals surface area contributed by atoms with Gasteiger partial charge in [0.25, 0.3) is 0 Å². The predicted molar refractivity (Wildman–Crippen MR) is 89.9 cm³/mol. The second kappa shape index (κ2) is 6.63. The van der Waals surface area contributed by atoms with Crippen LogP contribution < -0.4 is 10.1 Å². The van der Waals surface area contributed by atoms with Gasteiger partial charge in [-0.05, 0) is 43.0 Å². The molecule has 5 nitrogen and oxygen atoms in total. The van der Waals surface area contributed by atoms with Crippen molar-refractivity contribution in [1.29, 1.82) is 0 Å². The van der Waals surface area contributed by atoms with E-state index in [0.29, 0.717) is 5.75 Å². The lowest BCUT2D eigenvalue weighted by atomic mass is 9.72. The van der Waals surface area contributed by atoms with Crippen molar-refractivity contribution in [3.63, 3.8) is 0 Å². The molecule has 0 spiro atoms. The van der Waals surface area contributed by atoms with Crippen LogP contribution in [0, 0.1) is 11.8 Å². The summed E-state index contributed by atoms with van der Waals surface area (Å²) in [5.74, 6) is 6.81. The number of nitrogens with one attached hydrogen (secondary N) is 1. The second-order valence-electron chi connectivity index (χ2n) is 5.77. The number of rotatable bonds is 3. The Morgan fingerprint density at radius 2 is 2.00 bits per heavy atom. The summed E-state index contributed by atoms with van der Waals surface area (Å²) in [4.78, 5) is 15.0. The summed E-state index contributed by atoms with van der Waals surface area (Å²) in [7, 11) is 1.59. The fourth-order valence-electron chi connectivity index (χ4n) is 2.88. The summed E-state index contributed by atoms with van der Waals surface area (Å²) in [6.07, 6.45) is 5.02. The summed E-state index contributed by atoms with van der Waals surface area (Å²) < 4.78 is 5.23. The topological polar surface area (TPSA) is 71.5 Å². The van der Waals surface area contributed by atoms with E-state index in [1.807, 2.05) is 24.3 Å². The van der Waals surface area contributed by atoms with Crippen LogP contribution in [-0.2, 0) is 5.54 Å². The number of ether oxygens (including phenoxy) is 1. The molecule has 5 heteroatoms. The zero-order valence-electron chi connectivity index (χ0n) is 13.4. The normalized spacial score (nSPS) is 14.7. The molecule has 0 bridgehead atoms. The van der Waals surface area contributed by atoms with Gasteiger partial charge in [0.2, 0.25) is 0 Å². The number of carbonyl (C=O) groups is 1. The lowest BCUT2D eigenvalue weighted by Crippen LogP contribution is -2.50. The third-order valence-corrected chi connectivity index (χ3v) is 4.34. The second-order valence-corrected chi connectivity index (χ2v) is 5.77. The van der Waals surface area contributed by atoms with Crippen LogP contribution in [0.5, 0.6) is 5.75 Å². The number of amides is 1. The van der Waals surface area contributed by atoms with Crippen LogP contribution in [0.1, 0.15) is 36.0 Å². The van der Waals surface area contributed by atoms with Crippen LogP contribution in [0.15, 0.2) is 42.7 Å². The molecule has 24 heavy (non-hydrogen) atoms. The zero-order valence-corrected chi connectivity index (χ0v) is 13.4. The minimum atomic E-state index is -0.983. The Labute approximate surface area is 140 Å². The van der Waals surface area contributed by atoms with Crippen LogP contribution in [0.2, 0.25) is 0 Å². The number of hydrogen-bond donors (Lipinski definition) is 2. The van der Waals surface area contributed by atoms with Crippen molar-refractivity contribution < 1.29 is 14.6 Å². The molecule has 1 saturated carbocycles. The first kappa shape index (κ1) is 15.9. The SMILES string of the molecule is COc1cnccc1C#Cc1ccc(C2(NC(=O)O)CCC2)cc1. The predicted octanol–water partition coefficient (Wildman–Crippen LogP) is 3.14. The van der Waals surface area contributed by atoms with Crippen molar-refractivity contribution in [1.82, 2.24) is 10.3 Å². The van der Waals surface area contributed by atoms with Crippen molar-refractivity contribution in [3.8, 4) is 17.6 Å². The van der Waals surface area contributed by atoms with Crippen molar-refractivity contribution >= 4 is 6.09 Å². The Hall–Kier alpha value is -3.00. The maximum absolute atomic E-state index is 11.0. The summed E-state index contributed by atoms with van der Waals surface area (Å²) in [5.41, 5.74) is 2.19. The Morgan fingerprint density at radius 1 is 1.25 bits per heavy atom. The third kappa shape index (κ3) is 3.18. The number of hydrogen-bond acceptors (Lipinski definition) is 3. The molecule has 1 aromatic carbocycles. The highest BCUT2D eigenvalue weighted by molar-refractivity contribution is 5.66. The van der Waals surface area contributed by atoms with Crippen LogP contribution in [0.25, 0.3) is 0 Å². The van der Waals surface area contributed by atoms with Crippen LogP contribution in [0.3, 0.4) is 0 Å². The minimum Gasteiger partial charge on any atom is -0.494 e. The Kier molecular flexibility index (Phi) is 4.39. The zero-order chi connectivity index (χ0) is 17.0. The smallest absolute Gasteiger partial charge is 0.405 e. The first-order valence-corrected chi connectivity index (χ1v) is 7.75. The molecular weight excluding hydrogens is 304 g/mol. The molecule has 0 atom stereocenters. The van der Waals surface area contributed by atoms with Gasteiger partial charge in [-0.25, -0.2) is 4.79 Å². The van der Waals surface area contributed by atoms with E-state index in [4.69, 9.17) is 9.84 Å². The molecule has 0 unspecified atom stereocenters. The first-order chi connectivity index (χ1) is 11.6. The molecule has 2 aromatic rings. The molecule has 122 valence electrons. The van der Waals surface area contributed by atoms with E-state index >= 15 is 0 Å². The lowest BCUT2D eigenvalue weighted by molar-refractivity contribution is 0.144. The highest BCUT2D eigenvalue weighted by atomic mass is 16.5. The molecule has 0 saturated heterocycles. The van der Waals surface area contributed by atoms with E-state index in [2.05, 4.69) is 22.1 Å². The van der Waals surface area contributed by atoms with Gasteiger partial charge in [0.05, 0.1) is 24.4 Å². The van der Waals surface area contributed by atoms with Gasteiger partial charge in [-0.1, -0.05) is 24.0 Å². The van der Waals surface area contributed by atoms with Crippen molar-refractivity contribution in [3.05, 3.63) is 59.4 Å². The number of benzene rings is 1. The number of carboxylic acid groups (broad SMARTS) is 1. The molecule has 1 fully saturated rings. The fourth-order valence-corrected chi connectivity index (χ4v) is 2.88. The summed E-state index contributed by atoms with van der Waals surface area (Å²) >= 11 is 0. The van der Waals surface area contributed by atoms with Gasteiger partial charge in [-0.3, -0.25) is 4.98 Å². The molecule has 0 radical (unpaired) electrons. The number of nitrogens with zero attached hydrogens (tertiary/aromatic N) is 1. The van der Waals surface area contributed by atoms with Crippen molar-refractivity contribution in [2.75, 3.05) is 7.11 Å². The molecule has 1 aromatic heterocycles. The highest BCUT2D eigenvalue weighted by Gasteiger charge is 2.39. The number of aromatic nitrogens is 1. The summed E-state index contributed by atoms with van der Waals surface area (Å²) in [5, 5.41) is 11.7. The molecule has 1 heterocycles. The van der Waals surface area contributed by atoms with E-state index in [1.165, 1.54) is 0 Å². The average molecular weight is 322 g/mol. The van der Waals surface area contributed by atoms with E-state index in [1.54, 1.807) is 25.6 Å². The van der Waals surface area contributed by atoms with Gasteiger partial charge in [0.1, 0.15) is 0 Å². The van der Waals surface area contributed by atoms with E-state index in [0.717, 1.165) is 36.0 Å². The van der Waals surface area contributed by atoms with Gasteiger partial charge < -0.3 is 15.2 Å². The summed E-state index contributed by atoms with van der Waals surface area (Å²) in [6, 6.07) is 9.53. The van der Waals surface area contributed by atoms with Crippen molar-refractivity contribution in [2.24, 2.45) is 0 Å². The maximum Gasteiger partial charge on any atom is 0.405 e. The monoisotopic (exact) mass is 322 g/mol. The molecule has 1 amide bonds. The first-order valence-electron chi connectivity index (χ1n) is 7.75. The van der Waals surface area contributed by atoms with Crippen LogP contribution >= 0.6 is 0 Å². The van der Waals surface area contributed by atoms with Crippen molar-refractivity contribution in [2.45, 2.75) is 24.8 Å². The standard InChI is InChI=1S/C19H18N2O3/c1-24-17-13-20-12-9-15(17)6-3-14-4-7-16(8-5-14)19(10-2-11-19)21-18(22)23/h4-5,7-9,12-13,21H,2,10-11H2,1H3,(H,22,23). The fraction of sp³-hybridized carbons (Fsp3) is 0.263. The molecule has 2 N–H and O–H groups in total. The Morgan fingerprint density at radius 3 is 2.58 bits per heavy atom. The third-order valence-electron chi connectivity index (χ3n) is 4.34. The Balaban J connectivity index is 1.81. The molecule has 1 aliphatic rings. The van der Waals surface area contributed by atoms with Crippen LogP contribution in [0.4, 0.5) is 4.79 Å². The minimum absolute atomic E-state index is 0.438. The van der Waals surface area contributed by atoms with E-state index in [9.17, 15) is 4.79 Å². The van der Waals surface area contributed by atoms with Crippen LogP contribution in [-0.4, -0.2) is 23.3 Å². The van der Waals surface area contributed by atoms with Gasteiger partial charge in [0.15, 0.2) is 5.75 Å². The van der Waals surface area contributed by atoms with Gasteiger partial charge in [0, 0.05) is 11.8 Å². The van der Waals surface area contributed by atoms with Gasteiger partial charge in [-0.15, -0.1) is 0 Å². The molecule has 1 aliphatic carbocycles. The maximum atomic E-state index is 11.0. The summed E-state index contributed by atoms with van der Waals surface area (Å²) in [6.45, 7) is 0. The molecule has 3 rings (SSSR count). The number of pyridine rings is 1. The largest absolute Gasteiger partial charge is 0.494 e. The van der Waals surface area contributed by atoms with Gasteiger partial charge >= 0.3 is 6.09 Å². The quantitative estimate of drug-likeness (QED) is 0.852. The Bertz CT molecular complexity index is 799. The van der Waals surface area contributed by atoms with Gasteiger partial charge in [-0.2, -0.15) is 0 Å². The number of methoxy groups -OCH3 is 1.